The molecule has 1 aromatic rings. The largest absolute Gasteiger partial charge is 0.459 e. The van der Waals surface area contributed by atoms with Gasteiger partial charge in [0.1, 0.15) is 5.00 Å². The number of amides is 1. The molecule has 2 rings (SSSR count). The molecule has 0 spiro atoms. The van der Waals surface area contributed by atoms with E-state index in [1.807, 2.05) is 20.8 Å². The van der Waals surface area contributed by atoms with Crippen molar-refractivity contribution in [3.05, 3.63) is 16.0 Å². The molecular weight excluding hydrogens is 334 g/mol. The van der Waals surface area contributed by atoms with Gasteiger partial charge in [0, 0.05) is 10.8 Å². The third-order valence-corrected chi connectivity index (χ3v) is 5.93. The van der Waals surface area contributed by atoms with Crippen LogP contribution in [0.25, 0.3) is 0 Å². The molecule has 1 heterocycles. The first kappa shape index (κ1) is 20.0. The van der Waals surface area contributed by atoms with Gasteiger partial charge in [-0.15, -0.1) is 11.3 Å². The summed E-state index contributed by atoms with van der Waals surface area (Å²) >= 11 is 1.56. The molecule has 0 radical (unpaired) electrons. The monoisotopic (exact) mass is 365 g/mol. The molecule has 0 bridgehead atoms. The number of esters is 1. The molecule has 4 nitrogen and oxygen atoms in total. The van der Waals surface area contributed by atoms with Crippen LogP contribution in [-0.4, -0.2) is 18.0 Å². The number of aryl methyl sites for hydroxylation is 1. The zero-order valence-corrected chi connectivity index (χ0v) is 16.8. The van der Waals surface area contributed by atoms with E-state index in [0.29, 0.717) is 10.6 Å². The highest BCUT2D eigenvalue weighted by Gasteiger charge is 2.28. The maximum atomic E-state index is 12.7. The molecule has 0 fully saturated rings. The van der Waals surface area contributed by atoms with Gasteiger partial charge in [-0.1, -0.05) is 26.7 Å². The number of anilines is 1. The molecule has 1 unspecified atom stereocenters. The van der Waals surface area contributed by atoms with Crippen LogP contribution in [0.3, 0.4) is 0 Å². The lowest BCUT2D eigenvalue weighted by atomic mass is 9.95. The maximum absolute atomic E-state index is 12.7. The number of hydrogen-bond acceptors (Lipinski definition) is 4. The van der Waals surface area contributed by atoms with E-state index in [9.17, 15) is 9.59 Å². The number of ether oxygens (including phenoxy) is 1. The Kier molecular flexibility index (Phi) is 7.48. The first-order chi connectivity index (χ1) is 12.0. The van der Waals surface area contributed by atoms with E-state index >= 15 is 0 Å². The van der Waals surface area contributed by atoms with Crippen LogP contribution in [0.5, 0.6) is 0 Å². The normalized spacial score (nSPS) is 14.9. The second-order valence-corrected chi connectivity index (χ2v) is 8.21. The quantitative estimate of drug-likeness (QED) is 0.632. The Hall–Kier alpha value is -1.36. The Balaban J connectivity index is 2.25. The van der Waals surface area contributed by atoms with Crippen LogP contribution < -0.4 is 5.32 Å². The Morgan fingerprint density at radius 3 is 2.56 bits per heavy atom. The van der Waals surface area contributed by atoms with Gasteiger partial charge < -0.3 is 10.1 Å². The fourth-order valence-corrected chi connectivity index (χ4v) is 4.61. The summed E-state index contributed by atoms with van der Waals surface area (Å²) in [6.45, 7) is 7.89. The highest BCUT2D eigenvalue weighted by atomic mass is 32.1. The summed E-state index contributed by atoms with van der Waals surface area (Å²) in [7, 11) is 0. The van der Waals surface area contributed by atoms with Gasteiger partial charge in [-0.05, 0) is 57.9 Å². The molecular formula is C20H31NO3S. The Morgan fingerprint density at radius 2 is 1.92 bits per heavy atom. The number of unbranched alkanes of at least 4 members (excludes halogenated alkanes) is 1. The summed E-state index contributed by atoms with van der Waals surface area (Å²) in [6, 6.07) is 0. The van der Waals surface area contributed by atoms with Crippen molar-refractivity contribution >= 4 is 28.2 Å². The highest BCUT2D eigenvalue weighted by molar-refractivity contribution is 7.17. The van der Waals surface area contributed by atoms with Crippen molar-refractivity contribution in [2.75, 3.05) is 5.32 Å². The van der Waals surface area contributed by atoms with Crippen molar-refractivity contribution in [2.45, 2.75) is 85.2 Å². The number of carbonyl (C=O) groups excluding carboxylic acids is 2. The summed E-state index contributed by atoms with van der Waals surface area (Å²) < 4.78 is 5.45. The van der Waals surface area contributed by atoms with Gasteiger partial charge in [0.25, 0.3) is 0 Å². The summed E-state index contributed by atoms with van der Waals surface area (Å²) in [4.78, 5) is 26.6. The van der Waals surface area contributed by atoms with E-state index in [1.54, 1.807) is 11.3 Å². The van der Waals surface area contributed by atoms with E-state index in [2.05, 4.69) is 12.2 Å². The SMILES string of the molecule is CCCCC(CC)C(=O)Nc1sc2c(c1C(=O)OC(C)C)CCCC2. The molecule has 1 aliphatic carbocycles. The maximum Gasteiger partial charge on any atom is 0.341 e. The molecule has 1 aromatic heterocycles. The predicted molar refractivity (Wildman–Crippen MR) is 103 cm³/mol. The Morgan fingerprint density at radius 1 is 1.20 bits per heavy atom. The number of rotatable bonds is 8. The second-order valence-electron chi connectivity index (χ2n) is 7.11. The minimum atomic E-state index is -0.300. The van der Waals surface area contributed by atoms with Crippen molar-refractivity contribution in [2.24, 2.45) is 5.92 Å². The third-order valence-electron chi connectivity index (χ3n) is 4.72. The number of hydrogen-bond donors (Lipinski definition) is 1. The number of nitrogens with one attached hydrogen (secondary N) is 1. The molecule has 0 saturated heterocycles. The van der Waals surface area contributed by atoms with Gasteiger partial charge >= 0.3 is 5.97 Å². The Labute approximate surface area is 155 Å². The fraction of sp³-hybridized carbons (Fsp3) is 0.700. The summed E-state index contributed by atoms with van der Waals surface area (Å²) in [5, 5.41) is 3.75. The van der Waals surface area contributed by atoms with Gasteiger partial charge in [-0.2, -0.15) is 0 Å². The molecule has 1 atom stereocenters. The van der Waals surface area contributed by atoms with Crippen LogP contribution in [0, 0.1) is 5.92 Å². The van der Waals surface area contributed by atoms with Crippen LogP contribution in [0.15, 0.2) is 0 Å². The van der Waals surface area contributed by atoms with Gasteiger partial charge in [0.05, 0.1) is 11.7 Å². The smallest absolute Gasteiger partial charge is 0.341 e. The van der Waals surface area contributed by atoms with E-state index in [-0.39, 0.29) is 23.9 Å². The second kappa shape index (κ2) is 9.37. The van der Waals surface area contributed by atoms with Crippen LogP contribution in [0.4, 0.5) is 5.00 Å². The standard InChI is InChI=1S/C20H31NO3S/c1-5-7-10-14(6-2)18(22)21-19-17(20(23)24-13(3)4)15-11-8-9-12-16(15)25-19/h13-14H,5-12H2,1-4H3,(H,21,22). The minimum Gasteiger partial charge on any atom is -0.459 e. The van der Waals surface area contributed by atoms with E-state index in [1.165, 1.54) is 4.88 Å². The van der Waals surface area contributed by atoms with Crippen molar-refractivity contribution in [1.82, 2.24) is 0 Å². The molecule has 0 aliphatic heterocycles. The van der Waals surface area contributed by atoms with Crippen molar-refractivity contribution in [3.63, 3.8) is 0 Å². The zero-order valence-electron chi connectivity index (χ0n) is 15.9. The van der Waals surface area contributed by atoms with Gasteiger partial charge in [0.15, 0.2) is 0 Å². The van der Waals surface area contributed by atoms with E-state index in [0.717, 1.165) is 56.9 Å². The first-order valence-corrected chi connectivity index (χ1v) is 10.5. The summed E-state index contributed by atoms with van der Waals surface area (Å²) in [5.74, 6) is -0.257. The van der Waals surface area contributed by atoms with Crippen molar-refractivity contribution in [1.29, 1.82) is 0 Å². The first-order valence-electron chi connectivity index (χ1n) is 9.64. The van der Waals surface area contributed by atoms with Gasteiger partial charge in [-0.25, -0.2) is 4.79 Å². The average molecular weight is 366 g/mol. The minimum absolute atomic E-state index is 0.00745. The Bertz CT molecular complexity index is 606. The average Bonchev–Trinajstić information content (AvgIpc) is 2.92. The molecule has 1 amide bonds. The molecule has 25 heavy (non-hydrogen) atoms. The summed E-state index contributed by atoms with van der Waals surface area (Å²) in [5.41, 5.74) is 1.70. The van der Waals surface area contributed by atoms with Gasteiger partial charge in [-0.3, -0.25) is 4.79 Å². The number of carbonyl (C=O) groups is 2. The predicted octanol–water partition coefficient (Wildman–Crippen LogP) is 5.35. The van der Waals surface area contributed by atoms with Gasteiger partial charge in [0.2, 0.25) is 5.91 Å². The lowest BCUT2D eigenvalue weighted by Crippen LogP contribution is -2.23. The van der Waals surface area contributed by atoms with Crippen molar-refractivity contribution in [3.8, 4) is 0 Å². The lowest BCUT2D eigenvalue weighted by Gasteiger charge is -2.16. The van der Waals surface area contributed by atoms with Crippen LogP contribution >= 0.6 is 11.3 Å². The van der Waals surface area contributed by atoms with Crippen LogP contribution in [-0.2, 0) is 22.4 Å². The number of fused-ring (bicyclic) bond motifs is 1. The molecule has 1 aliphatic rings. The molecule has 5 heteroatoms. The zero-order chi connectivity index (χ0) is 18.4. The van der Waals surface area contributed by atoms with Crippen LogP contribution in [0.2, 0.25) is 0 Å². The summed E-state index contributed by atoms with van der Waals surface area (Å²) in [6.07, 6.45) is 7.82. The highest BCUT2D eigenvalue weighted by Crippen LogP contribution is 2.39. The molecule has 0 aromatic carbocycles. The fourth-order valence-electron chi connectivity index (χ4n) is 3.33. The third kappa shape index (κ3) is 5.06. The lowest BCUT2D eigenvalue weighted by molar-refractivity contribution is -0.120. The van der Waals surface area contributed by atoms with E-state index < -0.39 is 0 Å². The molecule has 0 saturated carbocycles. The number of thiophene rings is 1. The van der Waals surface area contributed by atoms with Crippen LogP contribution in [0.1, 0.15) is 87.0 Å². The van der Waals surface area contributed by atoms with E-state index in [4.69, 9.17) is 4.74 Å². The molecule has 1 N–H and O–H groups in total. The molecule has 140 valence electrons. The topological polar surface area (TPSA) is 55.4 Å². The van der Waals surface area contributed by atoms with Crippen molar-refractivity contribution < 1.29 is 14.3 Å².